The van der Waals surface area contributed by atoms with E-state index in [9.17, 15) is 4.39 Å². The van der Waals surface area contributed by atoms with Crippen LogP contribution in [0.4, 0.5) is 4.39 Å². The summed E-state index contributed by atoms with van der Waals surface area (Å²) in [5, 5.41) is 13.3. The van der Waals surface area contributed by atoms with Gasteiger partial charge in [0.15, 0.2) is 11.0 Å². The van der Waals surface area contributed by atoms with Crippen LogP contribution in [0.2, 0.25) is 0 Å². The van der Waals surface area contributed by atoms with Gasteiger partial charge in [0.25, 0.3) is 0 Å². The maximum Gasteiger partial charge on any atom is 0.237 e. The van der Waals surface area contributed by atoms with Crippen molar-refractivity contribution in [2.45, 2.75) is 31.3 Å². The fourth-order valence-electron chi connectivity index (χ4n) is 2.91. The fraction of sp³-hybridized carbons (Fsp3) is 0.238. The number of rotatable bonds is 7. The summed E-state index contributed by atoms with van der Waals surface area (Å²) < 4.78 is 21.6. The zero-order valence-electron chi connectivity index (χ0n) is 16.1. The van der Waals surface area contributed by atoms with Gasteiger partial charge in [-0.3, -0.25) is 0 Å². The molecule has 0 N–H and O–H groups in total. The molecule has 8 heteroatoms. The van der Waals surface area contributed by atoms with Crippen molar-refractivity contribution in [2.24, 2.45) is 5.92 Å². The minimum absolute atomic E-state index is 0.314. The predicted molar refractivity (Wildman–Crippen MR) is 110 cm³/mol. The second-order valence-electron chi connectivity index (χ2n) is 6.96. The lowest BCUT2D eigenvalue weighted by atomic mass is 10.2. The average Bonchev–Trinajstić information content (AvgIpc) is 3.34. The van der Waals surface area contributed by atoms with E-state index in [4.69, 9.17) is 4.52 Å². The number of thioether (sulfide) groups is 1. The van der Waals surface area contributed by atoms with Crippen molar-refractivity contribution in [2.75, 3.05) is 0 Å². The lowest BCUT2D eigenvalue weighted by Crippen LogP contribution is -2.08. The van der Waals surface area contributed by atoms with Crippen molar-refractivity contribution in [3.8, 4) is 22.8 Å². The third-order valence-corrected chi connectivity index (χ3v) is 5.16. The normalized spacial score (nSPS) is 11.3. The molecule has 0 aliphatic heterocycles. The summed E-state index contributed by atoms with van der Waals surface area (Å²) in [5.41, 5.74) is 1.34. The summed E-state index contributed by atoms with van der Waals surface area (Å²) in [4.78, 5) is 4.45. The highest BCUT2D eigenvalue weighted by atomic mass is 32.2. The summed E-state index contributed by atoms with van der Waals surface area (Å²) in [6.07, 6.45) is 0. The van der Waals surface area contributed by atoms with Crippen LogP contribution >= 0.6 is 11.8 Å². The molecule has 29 heavy (non-hydrogen) atoms. The molecular formula is C21H20FN5OS. The third-order valence-electron chi connectivity index (χ3n) is 4.20. The Morgan fingerprint density at radius 3 is 2.55 bits per heavy atom. The number of benzene rings is 2. The Labute approximate surface area is 172 Å². The second-order valence-corrected chi connectivity index (χ2v) is 7.90. The molecule has 0 radical (unpaired) electrons. The number of nitrogens with zero attached hydrogens (tertiary/aromatic N) is 5. The third kappa shape index (κ3) is 4.37. The minimum Gasteiger partial charge on any atom is -0.338 e. The molecule has 0 atom stereocenters. The van der Waals surface area contributed by atoms with Crippen LogP contribution in [0, 0.1) is 11.7 Å². The van der Waals surface area contributed by atoms with E-state index in [1.807, 2.05) is 34.9 Å². The number of hydrogen-bond acceptors (Lipinski definition) is 6. The van der Waals surface area contributed by atoms with Crippen LogP contribution in [0.3, 0.4) is 0 Å². The van der Waals surface area contributed by atoms with Crippen LogP contribution in [-0.4, -0.2) is 24.9 Å². The van der Waals surface area contributed by atoms with Gasteiger partial charge in [0, 0.05) is 12.1 Å². The fourth-order valence-corrected chi connectivity index (χ4v) is 3.70. The molecule has 0 saturated heterocycles. The van der Waals surface area contributed by atoms with Gasteiger partial charge in [0.1, 0.15) is 5.82 Å². The van der Waals surface area contributed by atoms with E-state index in [0.29, 0.717) is 46.5 Å². The molecule has 0 unspecified atom stereocenters. The van der Waals surface area contributed by atoms with Gasteiger partial charge in [-0.15, -0.1) is 10.2 Å². The lowest BCUT2D eigenvalue weighted by Gasteiger charge is -2.12. The van der Waals surface area contributed by atoms with Crippen molar-refractivity contribution in [1.29, 1.82) is 0 Å². The Hall–Kier alpha value is -3.00. The van der Waals surface area contributed by atoms with Gasteiger partial charge in [-0.1, -0.05) is 73.2 Å². The molecule has 4 aromatic rings. The summed E-state index contributed by atoms with van der Waals surface area (Å²) >= 11 is 1.44. The number of aromatic nitrogens is 5. The van der Waals surface area contributed by atoms with Crippen LogP contribution < -0.4 is 0 Å². The second kappa shape index (κ2) is 8.57. The predicted octanol–water partition coefficient (Wildman–Crippen LogP) is 5.08. The molecule has 0 aliphatic rings. The average molecular weight is 409 g/mol. The van der Waals surface area contributed by atoms with Crippen molar-refractivity contribution in [3.63, 3.8) is 0 Å². The SMILES string of the molecule is CC(C)Cn1c(SCc2nc(-c3ccccc3)no2)nnc1-c1ccccc1F. The highest BCUT2D eigenvalue weighted by Crippen LogP contribution is 2.28. The Morgan fingerprint density at radius 1 is 1.03 bits per heavy atom. The number of halogens is 1. The first-order valence-corrected chi connectivity index (χ1v) is 10.3. The molecule has 0 aliphatic carbocycles. The molecule has 0 fully saturated rings. The first-order valence-electron chi connectivity index (χ1n) is 9.30. The van der Waals surface area contributed by atoms with Gasteiger partial charge in [-0.25, -0.2) is 4.39 Å². The van der Waals surface area contributed by atoms with Crippen molar-refractivity contribution < 1.29 is 8.91 Å². The maximum atomic E-state index is 14.3. The van der Waals surface area contributed by atoms with E-state index < -0.39 is 0 Å². The largest absolute Gasteiger partial charge is 0.338 e. The molecule has 6 nitrogen and oxygen atoms in total. The molecule has 0 spiro atoms. The van der Waals surface area contributed by atoms with E-state index in [-0.39, 0.29) is 5.82 Å². The van der Waals surface area contributed by atoms with Gasteiger partial charge in [0.2, 0.25) is 11.7 Å². The lowest BCUT2D eigenvalue weighted by molar-refractivity contribution is 0.391. The molecule has 0 bridgehead atoms. The van der Waals surface area contributed by atoms with Crippen molar-refractivity contribution in [3.05, 3.63) is 66.3 Å². The topological polar surface area (TPSA) is 69.6 Å². The first kappa shape index (κ1) is 19.3. The minimum atomic E-state index is -0.314. The standard InChI is InChI=1S/C21H20FN5OS/c1-14(2)12-27-20(16-10-6-7-11-17(16)22)24-25-21(27)29-13-18-23-19(26-28-18)15-8-4-3-5-9-15/h3-11,14H,12-13H2,1-2H3. The van der Waals surface area contributed by atoms with Crippen LogP contribution in [0.25, 0.3) is 22.8 Å². The van der Waals surface area contributed by atoms with E-state index in [2.05, 4.69) is 34.2 Å². The summed E-state index contributed by atoms with van der Waals surface area (Å²) in [5.74, 6) is 2.06. The Balaban J connectivity index is 1.56. The first-order chi connectivity index (χ1) is 14.1. The quantitative estimate of drug-likeness (QED) is 0.396. The zero-order valence-corrected chi connectivity index (χ0v) is 16.9. The molecule has 0 saturated carbocycles. The van der Waals surface area contributed by atoms with Crippen LogP contribution in [-0.2, 0) is 12.3 Å². The van der Waals surface area contributed by atoms with Crippen LogP contribution in [0.5, 0.6) is 0 Å². The molecular weight excluding hydrogens is 389 g/mol. The number of hydrogen-bond donors (Lipinski definition) is 0. The van der Waals surface area contributed by atoms with E-state index in [0.717, 1.165) is 5.56 Å². The summed E-state index contributed by atoms with van der Waals surface area (Å²) in [7, 11) is 0. The Morgan fingerprint density at radius 2 is 1.79 bits per heavy atom. The van der Waals surface area contributed by atoms with E-state index >= 15 is 0 Å². The van der Waals surface area contributed by atoms with Gasteiger partial charge >= 0.3 is 0 Å². The molecule has 4 rings (SSSR count). The van der Waals surface area contributed by atoms with Gasteiger partial charge in [-0.05, 0) is 18.1 Å². The Kier molecular flexibility index (Phi) is 5.71. The monoisotopic (exact) mass is 409 g/mol. The van der Waals surface area contributed by atoms with Crippen molar-refractivity contribution in [1.82, 2.24) is 24.9 Å². The molecule has 0 amide bonds. The molecule has 2 aromatic heterocycles. The zero-order chi connectivity index (χ0) is 20.2. The van der Waals surface area contributed by atoms with E-state index in [1.54, 1.807) is 18.2 Å². The van der Waals surface area contributed by atoms with Crippen molar-refractivity contribution >= 4 is 11.8 Å². The summed E-state index contributed by atoms with van der Waals surface area (Å²) in [6.45, 7) is 4.88. The molecule has 2 heterocycles. The molecule has 148 valence electrons. The summed E-state index contributed by atoms with van der Waals surface area (Å²) in [6, 6.07) is 16.3. The van der Waals surface area contributed by atoms with Gasteiger partial charge in [0.05, 0.1) is 11.3 Å². The van der Waals surface area contributed by atoms with Crippen LogP contribution in [0.1, 0.15) is 19.7 Å². The highest BCUT2D eigenvalue weighted by molar-refractivity contribution is 7.98. The Bertz CT molecular complexity index is 1090. The highest BCUT2D eigenvalue weighted by Gasteiger charge is 2.19. The van der Waals surface area contributed by atoms with E-state index in [1.165, 1.54) is 17.8 Å². The van der Waals surface area contributed by atoms with Crippen LogP contribution in [0.15, 0.2) is 64.3 Å². The smallest absolute Gasteiger partial charge is 0.237 e. The van der Waals surface area contributed by atoms with Gasteiger partial charge < -0.3 is 9.09 Å². The maximum absolute atomic E-state index is 14.3. The van der Waals surface area contributed by atoms with Gasteiger partial charge in [-0.2, -0.15) is 4.98 Å². The molecule has 2 aromatic carbocycles.